The van der Waals surface area contributed by atoms with E-state index >= 15 is 0 Å². The van der Waals surface area contributed by atoms with Crippen molar-refractivity contribution in [3.63, 3.8) is 0 Å². The molecule has 24 heavy (non-hydrogen) atoms. The predicted octanol–water partition coefficient (Wildman–Crippen LogP) is 2.54. The molecule has 5 nitrogen and oxygen atoms in total. The molecule has 5 heteroatoms. The van der Waals surface area contributed by atoms with Gasteiger partial charge >= 0.3 is 0 Å². The van der Waals surface area contributed by atoms with Gasteiger partial charge in [0.05, 0.1) is 20.1 Å². The first kappa shape index (κ1) is 16.2. The summed E-state index contributed by atoms with van der Waals surface area (Å²) in [4.78, 5) is 14.1. The Morgan fingerprint density at radius 2 is 2.00 bits per heavy atom. The van der Waals surface area contributed by atoms with Crippen LogP contribution in [0.15, 0.2) is 48.5 Å². The Bertz CT molecular complexity index is 716. The van der Waals surface area contributed by atoms with Gasteiger partial charge in [0, 0.05) is 7.05 Å². The Labute approximate surface area is 141 Å². The first-order valence-electron chi connectivity index (χ1n) is 7.91. The van der Waals surface area contributed by atoms with Crippen molar-refractivity contribution in [2.45, 2.75) is 12.5 Å². The molecule has 0 aromatic heterocycles. The molecule has 1 aliphatic rings. The number of ether oxygens (including phenoxy) is 3. The number of carbonyl (C=O) groups is 1. The fourth-order valence-electron chi connectivity index (χ4n) is 2.65. The number of hydrogen-bond donors (Lipinski definition) is 0. The second-order valence-electron chi connectivity index (χ2n) is 5.80. The van der Waals surface area contributed by atoms with E-state index in [-0.39, 0.29) is 12.0 Å². The summed E-state index contributed by atoms with van der Waals surface area (Å²) in [7, 11) is 3.40. The van der Waals surface area contributed by atoms with Gasteiger partial charge in [-0.15, -0.1) is 0 Å². The van der Waals surface area contributed by atoms with Gasteiger partial charge in [-0.2, -0.15) is 0 Å². The highest BCUT2D eigenvalue weighted by atomic mass is 16.6. The second-order valence-corrected chi connectivity index (χ2v) is 5.80. The van der Waals surface area contributed by atoms with Crippen LogP contribution in [0, 0.1) is 0 Å². The summed E-state index contributed by atoms with van der Waals surface area (Å²) in [5.74, 6) is 2.26. The van der Waals surface area contributed by atoms with E-state index in [1.165, 1.54) is 0 Å². The number of rotatable bonds is 5. The molecule has 1 atom stereocenters. The van der Waals surface area contributed by atoms with E-state index in [1.54, 1.807) is 19.1 Å². The van der Waals surface area contributed by atoms with Crippen LogP contribution >= 0.6 is 0 Å². The Kier molecular flexibility index (Phi) is 4.89. The normalized spacial score (nSPS) is 15.7. The van der Waals surface area contributed by atoms with Gasteiger partial charge in [-0.3, -0.25) is 4.79 Å². The summed E-state index contributed by atoms with van der Waals surface area (Å²) in [5, 5.41) is 0. The highest BCUT2D eigenvalue weighted by Gasteiger charge is 2.23. The van der Waals surface area contributed by atoms with E-state index in [0.29, 0.717) is 19.6 Å². The van der Waals surface area contributed by atoms with Crippen molar-refractivity contribution in [1.29, 1.82) is 0 Å². The third-order valence-electron chi connectivity index (χ3n) is 3.96. The highest BCUT2D eigenvalue weighted by Crippen LogP contribution is 2.30. The number of methoxy groups -OCH3 is 1. The van der Waals surface area contributed by atoms with Crippen LogP contribution in [0.5, 0.6) is 17.2 Å². The molecule has 1 amide bonds. The predicted molar refractivity (Wildman–Crippen MR) is 90.7 cm³/mol. The van der Waals surface area contributed by atoms with Gasteiger partial charge in [0.2, 0.25) is 5.91 Å². The summed E-state index contributed by atoms with van der Waals surface area (Å²) in [6, 6.07) is 15.1. The maximum Gasteiger partial charge on any atom is 0.226 e. The van der Waals surface area contributed by atoms with Gasteiger partial charge in [-0.25, -0.2) is 0 Å². The average Bonchev–Trinajstić information content (AvgIpc) is 2.61. The molecule has 0 saturated heterocycles. The summed E-state index contributed by atoms with van der Waals surface area (Å²) in [5.41, 5.74) is 0.928. The van der Waals surface area contributed by atoms with Crippen molar-refractivity contribution >= 4 is 5.91 Å². The van der Waals surface area contributed by atoms with Gasteiger partial charge in [0.15, 0.2) is 17.6 Å². The van der Waals surface area contributed by atoms with Crippen molar-refractivity contribution in [2.24, 2.45) is 0 Å². The smallest absolute Gasteiger partial charge is 0.226 e. The van der Waals surface area contributed by atoms with E-state index in [2.05, 4.69) is 0 Å². The Morgan fingerprint density at radius 1 is 1.21 bits per heavy atom. The molecule has 0 bridgehead atoms. The highest BCUT2D eigenvalue weighted by molar-refractivity contribution is 5.78. The molecular weight excluding hydrogens is 306 g/mol. The van der Waals surface area contributed by atoms with E-state index < -0.39 is 0 Å². The molecule has 0 spiro atoms. The van der Waals surface area contributed by atoms with Crippen LogP contribution in [0.3, 0.4) is 0 Å². The molecule has 0 saturated carbocycles. The minimum absolute atomic E-state index is 0.0331. The zero-order chi connectivity index (χ0) is 16.9. The van der Waals surface area contributed by atoms with E-state index in [4.69, 9.17) is 14.2 Å². The lowest BCUT2D eigenvalue weighted by molar-refractivity contribution is -0.130. The second kappa shape index (κ2) is 7.25. The largest absolute Gasteiger partial charge is 0.497 e. The zero-order valence-corrected chi connectivity index (χ0v) is 13.9. The van der Waals surface area contributed by atoms with E-state index in [9.17, 15) is 4.79 Å². The molecule has 0 N–H and O–H groups in total. The SMILES string of the molecule is COc1cccc(CC(=O)N(C)C[C@H]2COc3ccccc3O2)c1. The maximum absolute atomic E-state index is 12.4. The first-order chi connectivity index (χ1) is 11.7. The van der Waals surface area contributed by atoms with Gasteiger partial charge in [-0.1, -0.05) is 24.3 Å². The number of amides is 1. The summed E-state index contributed by atoms with van der Waals surface area (Å²) in [6.07, 6.45) is 0.164. The maximum atomic E-state index is 12.4. The monoisotopic (exact) mass is 327 g/mol. The molecular formula is C19H21NO4. The van der Waals surface area contributed by atoms with Gasteiger partial charge in [0.25, 0.3) is 0 Å². The Morgan fingerprint density at radius 3 is 2.79 bits per heavy atom. The number of carbonyl (C=O) groups excluding carboxylic acids is 1. The van der Waals surface area contributed by atoms with Crippen molar-refractivity contribution in [2.75, 3.05) is 27.3 Å². The summed E-state index contributed by atoms with van der Waals surface area (Å²) >= 11 is 0. The third-order valence-corrected chi connectivity index (χ3v) is 3.96. The van der Waals surface area contributed by atoms with Crippen LogP contribution < -0.4 is 14.2 Å². The Balaban J connectivity index is 1.57. The average molecular weight is 327 g/mol. The van der Waals surface area contributed by atoms with E-state index in [0.717, 1.165) is 22.8 Å². The van der Waals surface area contributed by atoms with Crippen LogP contribution in [0.4, 0.5) is 0 Å². The fraction of sp³-hybridized carbons (Fsp3) is 0.316. The minimum atomic E-state index is -0.167. The number of para-hydroxylation sites is 2. The first-order valence-corrected chi connectivity index (χ1v) is 7.91. The quantitative estimate of drug-likeness (QED) is 0.847. The molecule has 1 heterocycles. The molecule has 0 fully saturated rings. The molecule has 3 rings (SSSR count). The lowest BCUT2D eigenvalue weighted by Crippen LogP contribution is -2.42. The molecule has 0 radical (unpaired) electrons. The van der Waals surface area contributed by atoms with Crippen LogP contribution in [-0.2, 0) is 11.2 Å². The topological polar surface area (TPSA) is 48.0 Å². The van der Waals surface area contributed by atoms with Gasteiger partial charge in [0.1, 0.15) is 12.4 Å². The van der Waals surface area contributed by atoms with Gasteiger partial charge < -0.3 is 19.1 Å². The Hall–Kier alpha value is -2.69. The van der Waals surface area contributed by atoms with Crippen molar-refractivity contribution < 1.29 is 19.0 Å². The van der Waals surface area contributed by atoms with Crippen molar-refractivity contribution in [1.82, 2.24) is 4.90 Å². The van der Waals surface area contributed by atoms with Crippen LogP contribution in [0.2, 0.25) is 0 Å². The van der Waals surface area contributed by atoms with Crippen molar-refractivity contribution in [3.8, 4) is 17.2 Å². The molecule has 1 aliphatic heterocycles. The molecule has 0 aliphatic carbocycles. The molecule has 126 valence electrons. The molecule has 2 aromatic rings. The van der Waals surface area contributed by atoms with Crippen LogP contribution in [0.25, 0.3) is 0 Å². The molecule has 2 aromatic carbocycles. The standard InChI is InChI=1S/C19H21NO4/c1-20(19(21)11-14-6-5-7-15(10-14)22-2)12-16-13-23-17-8-3-4-9-18(17)24-16/h3-10,16H,11-13H2,1-2H3/t16-/m0/s1. The zero-order valence-electron chi connectivity index (χ0n) is 13.9. The number of likely N-dealkylation sites (N-methyl/N-ethyl adjacent to an activating group) is 1. The van der Waals surface area contributed by atoms with Crippen LogP contribution in [0.1, 0.15) is 5.56 Å². The number of hydrogen-bond acceptors (Lipinski definition) is 4. The fourth-order valence-corrected chi connectivity index (χ4v) is 2.65. The van der Waals surface area contributed by atoms with Gasteiger partial charge in [-0.05, 0) is 29.8 Å². The lowest BCUT2D eigenvalue weighted by atomic mass is 10.1. The lowest BCUT2D eigenvalue weighted by Gasteiger charge is -2.29. The van der Waals surface area contributed by atoms with Crippen LogP contribution in [-0.4, -0.2) is 44.2 Å². The number of fused-ring (bicyclic) bond motifs is 1. The number of benzene rings is 2. The minimum Gasteiger partial charge on any atom is -0.497 e. The summed E-state index contributed by atoms with van der Waals surface area (Å²) < 4.78 is 16.8. The number of nitrogens with zero attached hydrogens (tertiary/aromatic N) is 1. The third kappa shape index (κ3) is 3.79. The van der Waals surface area contributed by atoms with Crippen molar-refractivity contribution in [3.05, 3.63) is 54.1 Å². The summed E-state index contributed by atoms with van der Waals surface area (Å²) in [6.45, 7) is 0.922. The molecule has 0 unspecified atom stereocenters. The van der Waals surface area contributed by atoms with E-state index in [1.807, 2.05) is 48.5 Å².